The SMILES string of the molecule is CCn1c(C)nc2cc(C(=O)NNC(=O)C3CCCC3)ccc21. The summed E-state index contributed by atoms with van der Waals surface area (Å²) >= 11 is 0. The molecule has 0 bridgehead atoms. The van der Waals surface area contributed by atoms with Gasteiger partial charge in [0.1, 0.15) is 5.82 Å². The molecular weight excluding hydrogens is 292 g/mol. The number of aryl methyl sites for hydroxylation is 2. The van der Waals surface area contributed by atoms with Crippen LogP contribution in [-0.4, -0.2) is 21.4 Å². The molecule has 1 heterocycles. The Kier molecular flexibility index (Phi) is 4.32. The first kappa shape index (κ1) is 15.5. The molecule has 1 fully saturated rings. The third-order valence-corrected chi connectivity index (χ3v) is 4.54. The second kappa shape index (κ2) is 6.40. The first-order valence-corrected chi connectivity index (χ1v) is 8.17. The summed E-state index contributed by atoms with van der Waals surface area (Å²) in [6.07, 6.45) is 3.98. The number of benzene rings is 1. The normalized spacial score (nSPS) is 15.0. The molecule has 0 unspecified atom stereocenters. The molecule has 1 aromatic carbocycles. The molecule has 3 rings (SSSR count). The summed E-state index contributed by atoms with van der Waals surface area (Å²) in [5.74, 6) is 0.542. The van der Waals surface area contributed by atoms with E-state index in [0.717, 1.165) is 49.1 Å². The standard InChI is InChI=1S/C17H22N4O2/c1-3-21-11(2)18-14-10-13(8-9-15(14)21)17(23)20-19-16(22)12-6-4-5-7-12/h8-10,12H,3-7H2,1-2H3,(H,19,22)(H,20,23). The molecule has 6 heteroatoms. The lowest BCUT2D eigenvalue weighted by Gasteiger charge is -2.11. The van der Waals surface area contributed by atoms with Crippen molar-refractivity contribution in [2.75, 3.05) is 0 Å². The van der Waals surface area contributed by atoms with E-state index in [4.69, 9.17) is 0 Å². The van der Waals surface area contributed by atoms with Crippen LogP contribution in [0.4, 0.5) is 0 Å². The quantitative estimate of drug-likeness (QED) is 0.854. The van der Waals surface area contributed by atoms with E-state index in [0.29, 0.717) is 5.56 Å². The van der Waals surface area contributed by atoms with Crippen LogP contribution in [0, 0.1) is 12.8 Å². The number of imidazole rings is 1. The maximum atomic E-state index is 12.2. The molecule has 1 aromatic heterocycles. The molecule has 2 aromatic rings. The number of aromatic nitrogens is 2. The zero-order valence-electron chi connectivity index (χ0n) is 13.6. The number of hydrogen-bond acceptors (Lipinski definition) is 3. The smallest absolute Gasteiger partial charge is 0.269 e. The lowest BCUT2D eigenvalue weighted by molar-refractivity contribution is -0.125. The van der Waals surface area contributed by atoms with Crippen molar-refractivity contribution in [3.05, 3.63) is 29.6 Å². The zero-order valence-corrected chi connectivity index (χ0v) is 13.6. The van der Waals surface area contributed by atoms with E-state index in [1.807, 2.05) is 13.0 Å². The first-order valence-electron chi connectivity index (χ1n) is 8.17. The van der Waals surface area contributed by atoms with E-state index in [1.54, 1.807) is 12.1 Å². The van der Waals surface area contributed by atoms with Crippen LogP contribution in [0.15, 0.2) is 18.2 Å². The Morgan fingerprint density at radius 3 is 2.70 bits per heavy atom. The summed E-state index contributed by atoms with van der Waals surface area (Å²) in [7, 11) is 0. The maximum Gasteiger partial charge on any atom is 0.269 e. The predicted molar refractivity (Wildman–Crippen MR) is 87.7 cm³/mol. The van der Waals surface area contributed by atoms with Crippen LogP contribution in [0.1, 0.15) is 48.8 Å². The van der Waals surface area contributed by atoms with Crippen molar-refractivity contribution in [1.29, 1.82) is 0 Å². The highest BCUT2D eigenvalue weighted by atomic mass is 16.2. The van der Waals surface area contributed by atoms with Gasteiger partial charge in [0.2, 0.25) is 5.91 Å². The minimum Gasteiger partial charge on any atom is -0.329 e. The molecule has 0 spiro atoms. The van der Waals surface area contributed by atoms with Crippen molar-refractivity contribution in [3.63, 3.8) is 0 Å². The Bertz CT molecular complexity index is 744. The summed E-state index contributed by atoms with van der Waals surface area (Å²) in [6, 6.07) is 5.41. The number of carbonyl (C=O) groups excluding carboxylic acids is 2. The van der Waals surface area contributed by atoms with Gasteiger partial charge in [-0.15, -0.1) is 0 Å². The average molecular weight is 314 g/mol. The molecule has 0 saturated heterocycles. The van der Waals surface area contributed by atoms with E-state index in [2.05, 4.69) is 27.3 Å². The fraction of sp³-hybridized carbons (Fsp3) is 0.471. The minimum atomic E-state index is -0.318. The first-order chi connectivity index (χ1) is 11.1. The monoisotopic (exact) mass is 314 g/mol. The van der Waals surface area contributed by atoms with Crippen LogP contribution in [0.2, 0.25) is 0 Å². The summed E-state index contributed by atoms with van der Waals surface area (Å²) in [5, 5.41) is 0. The molecule has 23 heavy (non-hydrogen) atoms. The van der Waals surface area contributed by atoms with Gasteiger partial charge in [-0.1, -0.05) is 12.8 Å². The third-order valence-electron chi connectivity index (χ3n) is 4.54. The molecule has 0 atom stereocenters. The summed E-state index contributed by atoms with van der Waals surface area (Å²) < 4.78 is 2.10. The number of amides is 2. The van der Waals surface area contributed by atoms with Gasteiger partial charge in [0, 0.05) is 18.0 Å². The van der Waals surface area contributed by atoms with Gasteiger partial charge in [0.25, 0.3) is 5.91 Å². The second-order valence-electron chi connectivity index (χ2n) is 6.03. The van der Waals surface area contributed by atoms with Gasteiger partial charge in [-0.05, 0) is 44.9 Å². The van der Waals surface area contributed by atoms with Crippen LogP contribution < -0.4 is 10.9 Å². The van der Waals surface area contributed by atoms with E-state index >= 15 is 0 Å². The molecule has 2 amide bonds. The van der Waals surface area contributed by atoms with Crippen LogP contribution in [0.3, 0.4) is 0 Å². The van der Waals surface area contributed by atoms with E-state index in [1.165, 1.54) is 0 Å². The Hall–Kier alpha value is -2.37. The number of nitrogens with one attached hydrogen (secondary N) is 2. The Morgan fingerprint density at radius 2 is 2.00 bits per heavy atom. The summed E-state index contributed by atoms with van der Waals surface area (Å²) in [4.78, 5) is 28.6. The van der Waals surface area contributed by atoms with Crippen LogP contribution >= 0.6 is 0 Å². The summed E-state index contributed by atoms with van der Waals surface area (Å²) in [6.45, 7) is 4.85. The lowest BCUT2D eigenvalue weighted by Crippen LogP contribution is -2.44. The molecule has 0 radical (unpaired) electrons. The Labute approximate surface area is 135 Å². The van der Waals surface area contributed by atoms with Gasteiger partial charge in [-0.3, -0.25) is 20.4 Å². The third kappa shape index (κ3) is 3.06. The zero-order chi connectivity index (χ0) is 16.4. The molecular formula is C17H22N4O2. The minimum absolute atomic E-state index is 0.0284. The Morgan fingerprint density at radius 1 is 1.26 bits per heavy atom. The van der Waals surface area contributed by atoms with E-state index < -0.39 is 0 Å². The van der Waals surface area contributed by atoms with Crippen molar-refractivity contribution < 1.29 is 9.59 Å². The molecule has 122 valence electrons. The van der Waals surface area contributed by atoms with Gasteiger partial charge < -0.3 is 4.57 Å². The highest BCUT2D eigenvalue weighted by Gasteiger charge is 2.23. The van der Waals surface area contributed by atoms with Crippen molar-refractivity contribution in [2.24, 2.45) is 5.92 Å². The van der Waals surface area contributed by atoms with Crippen molar-refractivity contribution in [3.8, 4) is 0 Å². The van der Waals surface area contributed by atoms with Crippen LogP contribution in [-0.2, 0) is 11.3 Å². The van der Waals surface area contributed by atoms with Crippen molar-refractivity contribution in [2.45, 2.75) is 46.1 Å². The molecule has 1 saturated carbocycles. The number of nitrogens with zero attached hydrogens (tertiary/aromatic N) is 2. The van der Waals surface area contributed by atoms with Crippen LogP contribution in [0.5, 0.6) is 0 Å². The van der Waals surface area contributed by atoms with Gasteiger partial charge in [-0.25, -0.2) is 4.98 Å². The molecule has 0 aliphatic heterocycles. The Balaban J connectivity index is 1.69. The highest BCUT2D eigenvalue weighted by molar-refractivity contribution is 5.98. The fourth-order valence-corrected chi connectivity index (χ4v) is 3.27. The van der Waals surface area contributed by atoms with Crippen LogP contribution in [0.25, 0.3) is 11.0 Å². The summed E-state index contributed by atoms with van der Waals surface area (Å²) in [5.41, 5.74) is 7.33. The molecule has 1 aliphatic carbocycles. The number of fused-ring (bicyclic) bond motifs is 1. The largest absolute Gasteiger partial charge is 0.329 e. The number of rotatable bonds is 3. The van der Waals surface area contributed by atoms with Gasteiger partial charge >= 0.3 is 0 Å². The van der Waals surface area contributed by atoms with Crippen molar-refractivity contribution in [1.82, 2.24) is 20.4 Å². The molecule has 6 nitrogen and oxygen atoms in total. The van der Waals surface area contributed by atoms with Gasteiger partial charge in [0.15, 0.2) is 0 Å². The fourth-order valence-electron chi connectivity index (χ4n) is 3.27. The van der Waals surface area contributed by atoms with Crippen molar-refractivity contribution >= 4 is 22.8 Å². The highest BCUT2D eigenvalue weighted by Crippen LogP contribution is 2.24. The van der Waals surface area contributed by atoms with E-state index in [-0.39, 0.29) is 17.7 Å². The number of hydrogen-bond donors (Lipinski definition) is 2. The predicted octanol–water partition coefficient (Wildman–Crippen LogP) is 2.32. The lowest BCUT2D eigenvalue weighted by atomic mass is 10.1. The van der Waals surface area contributed by atoms with E-state index in [9.17, 15) is 9.59 Å². The molecule has 1 aliphatic rings. The topological polar surface area (TPSA) is 76.0 Å². The second-order valence-corrected chi connectivity index (χ2v) is 6.03. The van der Waals surface area contributed by atoms with Gasteiger partial charge in [0.05, 0.1) is 11.0 Å². The number of carbonyl (C=O) groups is 2. The maximum absolute atomic E-state index is 12.2. The van der Waals surface area contributed by atoms with Gasteiger partial charge in [-0.2, -0.15) is 0 Å². The molecule has 2 N–H and O–H groups in total. The average Bonchev–Trinajstić information content (AvgIpc) is 3.18. The number of hydrazine groups is 1.